The number of alkyl halides is 1. The van der Waals surface area contributed by atoms with Crippen LogP contribution < -0.4 is 14.7 Å². The molecule has 0 bridgehead atoms. The number of ether oxygens (including phenoxy) is 1. The molecule has 1 unspecified atom stereocenters. The first kappa shape index (κ1) is 24.9. The van der Waals surface area contributed by atoms with E-state index in [0.717, 1.165) is 53.3 Å². The smallest absolute Gasteiger partial charge is 0.340 e. The first-order valence-electron chi connectivity index (χ1n) is 12.1. The van der Waals surface area contributed by atoms with E-state index in [1.54, 1.807) is 0 Å². The Balaban J connectivity index is 1.92. The van der Waals surface area contributed by atoms with Gasteiger partial charge in [0.25, 0.3) is 0 Å². The van der Waals surface area contributed by atoms with Gasteiger partial charge in [-0.1, -0.05) is 36.4 Å². The van der Waals surface area contributed by atoms with Gasteiger partial charge in [-0.15, -0.1) is 11.6 Å². The van der Waals surface area contributed by atoms with E-state index in [4.69, 9.17) is 16.3 Å². The Morgan fingerprint density at radius 2 is 1.54 bits per heavy atom. The summed E-state index contributed by atoms with van der Waals surface area (Å²) in [4.78, 5) is 19.6. The molecule has 0 fully saturated rings. The largest absolute Gasteiger partial charge is 0.440 e. The highest BCUT2D eigenvalue weighted by Gasteiger charge is 2.49. The molecule has 6 heteroatoms. The molecule has 3 aromatic carbocycles. The minimum absolute atomic E-state index is 0.302. The zero-order chi connectivity index (χ0) is 25.2. The minimum Gasteiger partial charge on any atom is -0.440 e. The van der Waals surface area contributed by atoms with Crippen LogP contribution in [0.3, 0.4) is 0 Å². The van der Waals surface area contributed by atoms with Gasteiger partial charge in [0.1, 0.15) is 0 Å². The number of carbonyl (C=O) groups excluding carboxylic acids is 1. The van der Waals surface area contributed by atoms with Crippen molar-refractivity contribution in [2.45, 2.75) is 18.9 Å². The van der Waals surface area contributed by atoms with Crippen LogP contribution in [0.1, 0.15) is 40.4 Å². The number of benzene rings is 3. The molecule has 1 atom stereocenters. The predicted molar refractivity (Wildman–Crippen MR) is 147 cm³/mol. The number of anilines is 3. The van der Waals surface area contributed by atoms with Crippen molar-refractivity contribution in [3.05, 3.63) is 89.0 Å². The van der Waals surface area contributed by atoms with Crippen molar-refractivity contribution in [2.75, 3.05) is 61.9 Å². The van der Waals surface area contributed by atoms with Crippen LogP contribution in [0.15, 0.2) is 66.7 Å². The van der Waals surface area contributed by atoms with Gasteiger partial charge in [0.05, 0.1) is 5.56 Å². The van der Waals surface area contributed by atoms with Gasteiger partial charge in [-0.05, 0) is 43.7 Å². The fraction of sp³-hybridized carbons (Fsp3) is 0.345. The van der Waals surface area contributed by atoms with E-state index in [1.165, 1.54) is 0 Å². The fourth-order valence-corrected chi connectivity index (χ4v) is 5.00. The summed E-state index contributed by atoms with van der Waals surface area (Å²) in [5, 5.41) is 0. The summed E-state index contributed by atoms with van der Waals surface area (Å²) in [5.74, 6) is 0.337. The van der Waals surface area contributed by atoms with Crippen molar-refractivity contribution >= 4 is 34.6 Å². The minimum atomic E-state index is -1.04. The van der Waals surface area contributed by atoms with Crippen LogP contribution in [-0.4, -0.2) is 53.1 Å². The maximum absolute atomic E-state index is 13.2. The average Bonchev–Trinajstić information content (AvgIpc) is 3.17. The second-order valence-corrected chi connectivity index (χ2v) is 9.65. The lowest BCUT2D eigenvalue weighted by Crippen LogP contribution is -2.32. The molecule has 0 saturated heterocycles. The summed E-state index contributed by atoms with van der Waals surface area (Å²) in [5.41, 5.74) is 5.51. The highest BCUT2D eigenvalue weighted by Crippen LogP contribution is 2.50. The van der Waals surface area contributed by atoms with E-state index in [0.29, 0.717) is 11.4 Å². The molecule has 0 aliphatic carbocycles. The number of rotatable bonds is 9. The van der Waals surface area contributed by atoms with E-state index >= 15 is 0 Å². The fourth-order valence-electron chi connectivity index (χ4n) is 4.88. The van der Waals surface area contributed by atoms with Gasteiger partial charge in [0.15, 0.2) is 5.60 Å². The number of esters is 1. The molecule has 0 aromatic heterocycles. The number of hydrogen-bond acceptors (Lipinski definition) is 5. The average molecular weight is 492 g/mol. The van der Waals surface area contributed by atoms with Gasteiger partial charge in [-0.25, -0.2) is 4.79 Å². The summed E-state index contributed by atoms with van der Waals surface area (Å²) in [6.07, 6.45) is 0.927. The predicted octanol–water partition coefficient (Wildman–Crippen LogP) is 5.74. The quantitative estimate of drug-likeness (QED) is 0.282. The Labute approximate surface area is 213 Å². The van der Waals surface area contributed by atoms with Crippen molar-refractivity contribution in [3.63, 3.8) is 0 Å². The van der Waals surface area contributed by atoms with Gasteiger partial charge in [0.2, 0.25) is 0 Å². The number of hydrogen-bond donors (Lipinski definition) is 0. The highest BCUT2D eigenvalue weighted by molar-refractivity contribution is 6.17. The molecule has 1 aliphatic rings. The van der Waals surface area contributed by atoms with E-state index in [9.17, 15) is 4.79 Å². The Morgan fingerprint density at radius 1 is 0.857 bits per heavy atom. The number of nitrogens with zero attached hydrogens (tertiary/aromatic N) is 3. The molecular formula is C29H34ClN3O2. The molecule has 35 heavy (non-hydrogen) atoms. The lowest BCUT2D eigenvalue weighted by molar-refractivity contribution is 0.0253. The Hall–Kier alpha value is -3.18. The molecule has 1 aliphatic heterocycles. The monoisotopic (exact) mass is 491 g/mol. The molecular weight excluding hydrogens is 458 g/mol. The van der Waals surface area contributed by atoms with Gasteiger partial charge < -0.3 is 19.4 Å². The maximum atomic E-state index is 13.2. The van der Waals surface area contributed by atoms with Crippen LogP contribution >= 0.6 is 11.6 Å². The van der Waals surface area contributed by atoms with Gasteiger partial charge in [-0.2, -0.15) is 0 Å². The standard InChI is InChI=1S/C29H34ClN3O2/c1-6-33(19-9-18-30)22-14-12-21(13-15-22)29(25-11-8-7-10-24(25)28(34)35-29)26-17-16-23(31(2)3)20-27(26)32(4)5/h7-8,10-17,20H,6,9,18-19H2,1-5H3. The third-order valence-corrected chi connectivity index (χ3v) is 6.98. The van der Waals surface area contributed by atoms with Crippen LogP contribution in [0.4, 0.5) is 17.1 Å². The van der Waals surface area contributed by atoms with Crippen LogP contribution in [0.2, 0.25) is 0 Å². The Kier molecular flexibility index (Phi) is 7.27. The van der Waals surface area contributed by atoms with Crippen LogP contribution in [-0.2, 0) is 10.3 Å². The van der Waals surface area contributed by atoms with Gasteiger partial charge in [0, 0.05) is 80.9 Å². The molecule has 184 valence electrons. The SMILES string of the molecule is CCN(CCCCl)c1ccc(C2(c3ccc(N(C)C)cc3N(C)C)OC(=O)c3ccccc32)cc1. The van der Waals surface area contributed by atoms with Crippen LogP contribution in [0.25, 0.3) is 0 Å². The van der Waals surface area contributed by atoms with Crippen LogP contribution in [0.5, 0.6) is 0 Å². The summed E-state index contributed by atoms with van der Waals surface area (Å²) in [7, 11) is 8.09. The zero-order valence-electron chi connectivity index (χ0n) is 21.2. The molecule has 0 amide bonds. The van der Waals surface area contributed by atoms with Crippen LogP contribution in [0, 0.1) is 0 Å². The van der Waals surface area contributed by atoms with E-state index in [-0.39, 0.29) is 5.97 Å². The number of halogens is 1. The maximum Gasteiger partial charge on any atom is 0.340 e. The second-order valence-electron chi connectivity index (χ2n) is 9.28. The number of carbonyl (C=O) groups is 1. The molecule has 4 rings (SSSR count). The second kappa shape index (κ2) is 10.2. The Bertz CT molecular complexity index is 1190. The van der Waals surface area contributed by atoms with Crippen molar-refractivity contribution in [3.8, 4) is 0 Å². The number of fused-ring (bicyclic) bond motifs is 1. The molecule has 0 spiro atoms. The third-order valence-electron chi connectivity index (χ3n) is 6.71. The first-order chi connectivity index (χ1) is 16.8. The zero-order valence-corrected chi connectivity index (χ0v) is 22.0. The molecule has 0 radical (unpaired) electrons. The number of cyclic esters (lactones) is 1. The molecule has 0 N–H and O–H groups in total. The van der Waals surface area contributed by atoms with Crippen molar-refractivity contribution in [1.82, 2.24) is 0 Å². The van der Waals surface area contributed by atoms with Crippen molar-refractivity contribution < 1.29 is 9.53 Å². The Morgan fingerprint density at radius 3 is 2.17 bits per heavy atom. The van der Waals surface area contributed by atoms with E-state index in [1.807, 2.05) is 52.5 Å². The molecule has 0 saturated carbocycles. The first-order valence-corrected chi connectivity index (χ1v) is 12.6. The summed E-state index contributed by atoms with van der Waals surface area (Å²) < 4.78 is 6.36. The molecule has 5 nitrogen and oxygen atoms in total. The van der Waals surface area contributed by atoms with Gasteiger partial charge in [-0.3, -0.25) is 0 Å². The lowest BCUT2D eigenvalue weighted by atomic mass is 9.78. The third kappa shape index (κ3) is 4.45. The van der Waals surface area contributed by atoms with E-state index in [2.05, 4.69) is 64.1 Å². The molecule has 1 heterocycles. The van der Waals surface area contributed by atoms with E-state index < -0.39 is 5.60 Å². The topological polar surface area (TPSA) is 36.0 Å². The van der Waals surface area contributed by atoms with Gasteiger partial charge >= 0.3 is 5.97 Å². The summed E-state index contributed by atoms with van der Waals surface area (Å²) in [6.45, 7) is 3.95. The lowest BCUT2D eigenvalue weighted by Gasteiger charge is -2.34. The van der Waals surface area contributed by atoms with Crippen molar-refractivity contribution in [1.29, 1.82) is 0 Å². The van der Waals surface area contributed by atoms with Crippen molar-refractivity contribution in [2.24, 2.45) is 0 Å². The summed E-state index contributed by atoms with van der Waals surface area (Å²) in [6, 6.07) is 22.4. The highest BCUT2D eigenvalue weighted by atomic mass is 35.5. The normalized spacial score (nSPS) is 16.6. The molecule has 3 aromatic rings. The summed E-state index contributed by atoms with van der Waals surface area (Å²) >= 11 is 5.94.